The Labute approximate surface area is 181 Å². The summed E-state index contributed by atoms with van der Waals surface area (Å²) in [6.07, 6.45) is 2.17. The predicted molar refractivity (Wildman–Crippen MR) is 115 cm³/mol. The van der Waals surface area contributed by atoms with Crippen LogP contribution in [-0.4, -0.2) is 49.1 Å². The molecule has 1 atom stereocenters. The van der Waals surface area contributed by atoms with E-state index in [0.717, 1.165) is 16.9 Å². The molecule has 0 aromatic heterocycles. The zero-order valence-corrected chi connectivity index (χ0v) is 17.8. The smallest absolute Gasteiger partial charge is 0.414 e. The fourth-order valence-corrected chi connectivity index (χ4v) is 3.54. The molecule has 1 amide bonds. The molecule has 3 rings (SSSR count). The van der Waals surface area contributed by atoms with Crippen LogP contribution < -0.4 is 9.47 Å². The third-order valence-electron chi connectivity index (χ3n) is 5.04. The maximum atomic E-state index is 13.8. The van der Waals surface area contributed by atoms with Gasteiger partial charge in [0.25, 0.3) is 0 Å². The van der Waals surface area contributed by atoms with Crippen LogP contribution >= 0.6 is 0 Å². The maximum absolute atomic E-state index is 13.8. The second kappa shape index (κ2) is 10.8. The van der Waals surface area contributed by atoms with Crippen molar-refractivity contribution in [2.45, 2.75) is 32.3 Å². The largest absolute Gasteiger partial charge is 0.497 e. The van der Waals surface area contributed by atoms with Crippen molar-refractivity contribution in [3.05, 3.63) is 71.2 Å². The molecule has 1 unspecified atom stereocenters. The van der Waals surface area contributed by atoms with Gasteiger partial charge in [-0.3, -0.25) is 4.90 Å². The van der Waals surface area contributed by atoms with Crippen molar-refractivity contribution in [3.8, 4) is 11.5 Å². The van der Waals surface area contributed by atoms with Gasteiger partial charge in [0.15, 0.2) is 0 Å². The molecule has 0 saturated carbocycles. The first-order chi connectivity index (χ1) is 15.0. The van der Waals surface area contributed by atoms with Crippen molar-refractivity contribution in [2.75, 3.05) is 26.9 Å². The minimum atomic E-state index is -0.719. The maximum Gasteiger partial charge on any atom is 0.414 e. The van der Waals surface area contributed by atoms with Crippen molar-refractivity contribution < 1.29 is 28.5 Å². The van der Waals surface area contributed by atoms with Crippen LogP contribution in [0.3, 0.4) is 0 Å². The third kappa shape index (κ3) is 6.21. The number of nitrogens with zero attached hydrogens (tertiary/aromatic N) is 1. The van der Waals surface area contributed by atoms with E-state index in [1.165, 1.54) is 17.0 Å². The van der Waals surface area contributed by atoms with Gasteiger partial charge >= 0.3 is 6.09 Å². The standard InChI is InChI=1S/C24H28FNO5/c1-3-30-24(28)26-16-21(27)15-20(26)11-12-31-23-10-9-19(25)14-18(23)8-7-17-5-4-6-22(13-17)29-2/h4-6,9-10,13-15,21,27H,3,7-8,11-12,16H2,1-2H3. The number of carbonyl (C=O) groups excluding carboxylic acids is 1. The van der Waals surface area contributed by atoms with Gasteiger partial charge in [-0.1, -0.05) is 12.1 Å². The summed E-state index contributed by atoms with van der Waals surface area (Å²) in [6.45, 7) is 2.46. The number of β-amino-alcohol motifs (C(OH)–C–C–N with tert-alkyl or cyclic N) is 1. The lowest BCUT2D eigenvalue weighted by Gasteiger charge is -2.20. The van der Waals surface area contributed by atoms with Crippen LogP contribution in [-0.2, 0) is 17.6 Å². The van der Waals surface area contributed by atoms with Gasteiger partial charge in [-0.25, -0.2) is 9.18 Å². The number of carbonyl (C=O) groups is 1. The zero-order chi connectivity index (χ0) is 22.2. The van der Waals surface area contributed by atoms with Crippen LogP contribution in [0.25, 0.3) is 0 Å². The molecule has 0 fully saturated rings. The molecule has 1 heterocycles. The van der Waals surface area contributed by atoms with Crippen molar-refractivity contribution >= 4 is 6.09 Å². The zero-order valence-electron chi connectivity index (χ0n) is 17.8. The molecule has 2 aromatic carbocycles. The minimum Gasteiger partial charge on any atom is -0.497 e. The number of hydrogen-bond donors (Lipinski definition) is 1. The normalized spacial score (nSPS) is 15.5. The Morgan fingerprint density at radius 2 is 2.03 bits per heavy atom. The monoisotopic (exact) mass is 429 g/mol. The summed E-state index contributed by atoms with van der Waals surface area (Å²) in [5.74, 6) is 1.07. The number of benzene rings is 2. The van der Waals surface area contributed by atoms with E-state index in [0.29, 0.717) is 30.7 Å². The molecule has 7 heteroatoms. The quantitative estimate of drug-likeness (QED) is 0.650. The number of hydrogen-bond acceptors (Lipinski definition) is 5. The molecule has 0 aliphatic carbocycles. The van der Waals surface area contributed by atoms with Gasteiger partial charge in [0, 0.05) is 12.1 Å². The Balaban J connectivity index is 1.61. The molecule has 0 saturated heterocycles. The fraction of sp³-hybridized carbons (Fsp3) is 0.375. The van der Waals surface area contributed by atoms with Gasteiger partial charge in [-0.15, -0.1) is 0 Å². The highest BCUT2D eigenvalue weighted by molar-refractivity contribution is 5.70. The van der Waals surface area contributed by atoms with Crippen LogP contribution in [0.1, 0.15) is 24.5 Å². The molecule has 1 aliphatic heterocycles. The first kappa shape index (κ1) is 22.6. The summed E-state index contributed by atoms with van der Waals surface area (Å²) in [5.41, 5.74) is 2.52. The molecule has 31 heavy (non-hydrogen) atoms. The van der Waals surface area contributed by atoms with Gasteiger partial charge in [0.1, 0.15) is 17.3 Å². The van der Waals surface area contributed by atoms with Gasteiger partial charge in [-0.05, 0) is 67.3 Å². The molecular weight excluding hydrogens is 401 g/mol. The van der Waals surface area contributed by atoms with Crippen LogP contribution in [0.5, 0.6) is 11.5 Å². The molecule has 0 spiro atoms. The summed E-state index contributed by atoms with van der Waals surface area (Å²) in [6, 6.07) is 12.3. The second-order valence-corrected chi connectivity index (χ2v) is 7.24. The topological polar surface area (TPSA) is 68.2 Å². The van der Waals surface area contributed by atoms with Crippen LogP contribution in [0.4, 0.5) is 9.18 Å². The van der Waals surface area contributed by atoms with E-state index in [1.54, 1.807) is 26.2 Å². The van der Waals surface area contributed by atoms with Gasteiger partial charge in [0.2, 0.25) is 0 Å². The van der Waals surface area contributed by atoms with E-state index in [4.69, 9.17) is 14.2 Å². The van der Waals surface area contributed by atoms with Crippen molar-refractivity contribution in [1.82, 2.24) is 4.90 Å². The SMILES string of the molecule is CCOC(=O)N1CC(O)C=C1CCOc1ccc(F)cc1CCc1cccc(OC)c1. The highest BCUT2D eigenvalue weighted by atomic mass is 19.1. The van der Waals surface area contributed by atoms with Crippen LogP contribution in [0.2, 0.25) is 0 Å². The lowest BCUT2D eigenvalue weighted by Crippen LogP contribution is -2.31. The number of aliphatic hydroxyl groups excluding tert-OH is 1. The van der Waals surface area contributed by atoms with Crippen molar-refractivity contribution in [1.29, 1.82) is 0 Å². The number of halogens is 1. The molecule has 0 radical (unpaired) electrons. The molecule has 1 aliphatic rings. The van der Waals surface area contributed by atoms with E-state index in [-0.39, 0.29) is 25.6 Å². The fourth-order valence-electron chi connectivity index (χ4n) is 3.54. The van der Waals surface area contributed by atoms with E-state index >= 15 is 0 Å². The lowest BCUT2D eigenvalue weighted by atomic mass is 10.0. The Morgan fingerprint density at radius 1 is 1.19 bits per heavy atom. The van der Waals surface area contributed by atoms with Crippen molar-refractivity contribution in [2.24, 2.45) is 0 Å². The number of aliphatic hydroxyl groups is 1. The number of methoxy groups -OCH3 is 1. The lowest BCUT2D eigenvalue weighted by molar-refractivity contribution is 0.108. The molecular formula is C24H28FNO5. The molecule has 6 nitrogen and oxygen atoms in total. The summed E-state index contributed by atoms with van der Waals surface area (Å²) < 4.78 is 30.1. The summed E-state index contributed by atoms with van der Waals surface area (Å²) in [4.78, 5) is 13.5. The number of aryl methyl sites for hydroxylation is 2. The molecule has 166 valence electrons. The van der Waals surface area contributed by atoms with Gasteiger partial charge in [-0.2, -0.15) is 0 Å². The average Bonchev–Trinajstić information content (AvgIpc) is 3.14. The van der Waals surface area contributed by atoms with Crippen molar-refractivity contribution in [3.63, 3.8) is 0 Å². The average molecular weight is 429 g/mol. The first-order valence-corrected chi connectivity index (χ1v) is 10.4. The Hall–Kier alpha value is -3.06. The first-order valence-electron chi connectivity index (χ1n) is 10.4. The molecule has 1 N–H and O–H groups in total. The Bertz CT molecular complexity index is 930. The van der Waals surface area contributed by atoms with E-state index in [9.17, 15) is 14.3 Å². The highest BCUT2D eigenvalue weighted by Crippen LogP contribution is 2.25. The van der Waals surface area contributed by atoms with Crippen LogP contribution in [0.15, 0.2) is 54.2 Å². The number of rotatable bonds is 9. The van der Waals surface area contributed by atoms with E-state index < -0.39 is 12.2 Å². The molecule has 0 bridgehead atoms. The summed E-state index contributed by atoms with van der Waals surface area (Å²) in [7, 11) is 1.62. The number of amides is 1. The second-order valence-electron chi connectivity index (χ2n) is 7.24. The highest BCUT2D eigenvalue weighted by Gasteiger charge is 2.27. The Kier molecular flexibility index (Phi) is 7.89. The summed E-state index contributed by atoms with van der Waals surface area (Å²) in [5, 5.41) is 9.88. The third-order valence-corrected chi connectivity index (χ3v) is 5.04. The minimum absolute atomic E-state index is 0.177. The van der Waals surface area contributed by atoms with Crippen LogP contribution in [0, 0.1) is 5.82 Å². The predicted octanol–water partition coefficient (Wildman–Crippen LogP) is 4.11. The summed E-state index contributed by atoms with van der Waals surface area (Å²) >= 11 is 0. The van der Waals surface area contributed by atoms with Gasteiger partial charge in [0.05, 0.1) is 33.0 Å². The molecule has 2 aromatic rings. The van der Waals surface area contributed by atoms with Gasteiger partial charge < -0.3 is 19.3 Å². The Morgan fingerprint density at radius 3 is 2.81 bits per heavy atom. The number of ether oxygens (including phenoxy) is 3. The van der Waals surface area contributed by atoms with E-state index in [2.05, 4.69) is 0 Å². The van der Waals surface area contributed by atoms with E-state index in [1.807, 2.05) is 24.3 Å².